The van der Waals surface area contributed by atoms with Crippen LogP contribution in [0.4, 0.5) is 0 Å². The van der Waals surface area contributed by atoms with Crippen LogP contribution in [0.5, 0.6) is 0 Å². The van der Waals surface area contributed by atoms with Gasteiger partial charge >= 0.3 is 0 Å². The molecule has 11 heteroatoms. The van der Waals surface area contributed by atoms with Crippen LogP contribution in [0.1, 0.15) is 9.80 Å². The first-order chi connectivity index (χ1) is 12.3. The molecule has 26 heavy (non-hydrogen) atoms. The van der Waals surface area contributed by atoms with E-state index in [1.165, 1.54) is 0 Å². The number of rotatable bonds is 3. The Morgan fingerprint density at radius 1 is 1.42 bits per heavy atom. The van der Waals surface area contributed by atoms with Gasteiger partial charge in [0.15, 0.2) is 5.01 Å². The molecule has 2 atom stereocenters. The van der Waals surface area contributed by atoms with E-state index < -0.39 is 28.6 Å². The summed E-state index contributed by atoms with van der Waals surface area (Å²) in [6, 6.07) is 4.63. The summed E-state index contributed by atoms with van der Waals surface area (Å²) in [6.45, 7) is 0. The first-order valence-corrected chi connectivity index (χ1v) is 10.8. The monoisotopic (exact) mass is 413 g/mol. The lowest BCUT2D eigenvalue weighted by atomic mass is 10.2. The van der Waals surface area contributed by atoms with Crippen molar-refractivity contribution in [2.75, 3.05) is 11.5 Å². The van der Waals surface area contributed by atoms with Gasteiger partial charge in [-0.3, -0.25) is 13.9 Å². The number of amides is 1. The van der Waals surface area contributed by atoms with Crippen LogP contribution < -0.4 is 11.1 Å². The summed E-state index contributed by atoms with van der Waals surface area (Å²) in [5.41, 5.74) is 7.94. The Morgan fingerprint density at radius 2 is 2.23 bits per heavy atom. The van der Waals surface area contributed by atoms with Gasteiger partial charge in [0, 0.05) is 17.8 Å². The number of aromatic nitrogens is 3. The largest absolute Gasteiger partial charge is 0.344 e. The molecule has 1 fully saturated rings. The van der Waals surface area contributed by atoms with E-state index in [0.29, 0.717) is 10.0 Å². The fraction of sp³-hybridized carbons (Fsp3) is 0.267. The lowest BCUT2D eigenvalue weighted by molar-refractivity contribution is 0.0937. The quantitative estimate of drug-likeness (QED) is 0.522. The highest BCUT2D eigenvalue weighted by molar-refractivity contribution is 8.24. The molecule has 2 unspecified atom stereocenters. The van der Waals surface area contributed by atoms with Crippen molar-refractivity contribution in [3.63, 3.8) is 0 Å². The zero-order valence-corrected chi connectivity index (χ0v) is 15.8. The lowest BCUT2D eigenvalue weighted by Gasteiger charge is -2.25. The van der Waals surface area contributed by atoms with Gasteiger partial charge < -0.3 is 11.1 Å². The number of thiazole rings is 1. The van der Waals surface area contributed by atoms with Crippen LogP contribution in [0, 0.1) is 0 Å². The molecule has 3 aromatic rings. The molecule has 3 aromatic heterocycles. The van der Waals surface area contributed by atoms with E-state index in [2.05, 4.69) is 15.4 Å². The highest BCUT2D eigenvalue weighted by Gasteiger charge is 2.37. The fourth-order valence-corrected chi connectivity index (χ4v) is 5.93. The third-order valence-electron chi connectivity index (χ3n) is 4.20. The van der Waals surface area contributed by atoms with Gasteiger partial charge in [-0.25, -0.2) is 9.50 Å². The van der Waals surface area contributed by atoms with E-state index in [-0.39, 0.29) is 16.5 Å². The van der Waals surface area contributed by atoms with Gasteiger partial charge in [-0.05, 0) is 12.1 Å². The maximum Gasteiger partial charge on any atom is 0.280 e. The minimum absolute atomic E-state index is 0.0555. The molecule has 0 aromatic carbocycles. The van der Waals surface area contributed by atoms with Gasteiger partial charge in [-0.2, -0.15) is 15.7 Å². The molecule has 4 heterocycles. The summed E-state index contributed by atoms with van der Waals surface area (Å²) in [6.07, 6.45) is 3.46. The van der Waals surface area contributed by atoms with E-state index in [4.69, 9.17) is 17.3 Å². The minimum Gasteiger partial charge on any atom is -0.344 e. The van der Waals surface area contributed by atoms with Crippen LogP contribution in [0.2, 0.25) is 4.34 Å². The second kappa shape index (κ2) is 6.48. The standard InChI is InChI=1S/C15H16ClN5O3S2/c16-13-12(8-5-18-21-4-2-1-3-11(8)21)20-15(25-13)14(22)19-10-7-26(23,24)6-9(10)17/h1-5,9-10,23-24H,6-7,17H2,(H,19,22). The van der Waals surface area contributed by atoms with Crippen LogP contribution in [0.3, 0.4) is 0 Å². The van der Waals surface area contributed by atoms with E-state index in [1.807, 2.05) is 24.4 Å². The minimum atomic E-state index is -2.73. The molecular formula is C15H16ClN5O3S2. The first kappa shape index (κ1) is 17.7. The van der Waals surface area contributed by atoms with Crippen LogP contribution in [0.25, 0.3) is 16.8 Å². The molecule has 0 saturated carbocycles. The lowest BCUT2D eigenvalue weighted by Crippen LogP contribution is -2.46. The normalized spacial score (nSPS) is 23.2. The molecule has 1 saturated heterocycles. The van der Waals surface area contributed by atoms with Crippen molar-refractivity contribution in [2.45, 2.75) is 12.1 Å². The van der Waals surface area contributed by atoms with Crippen LogP contribution >= 0.6 is 33.5 Å². The predicted octanol–water partition coefficient (Wildman–Crippen LogP) is 2.30. The number of nitrogens with one attached hydrogen (secondary N) is 1. The van der Waals surface area contributed by atoms with Crippen molar-refractivity contribution in [2.24, 2.45) is 5.73 Å². The molecule has 0 spiro atoms. The van der Waals surface area contributed by atoms with Crippen molar-refractivity contribution in [1.82, 2.24) is 19.9 Å². The SMILES string of the molecule is NC1CS(O)(O)CC1NC(=O)c1nc(-c2cnn3ccccc23)c(Cl)s1. The van der Waals surface area contributed by atoms with Gasteiger partial charge in [0.2, 0.25) is 0 Å². The topological polar surface area (TPSA) is 126 Å². The van der Waals surface area contributed by atoms with E-state index in [0.717, 1.165) is 22.4 Å². The second-order valence-corrected chi connectivity index (χ2v) is 9.98. The number of hydrogen-bond acceptors (Lipinski definition) is 7. The first-order valence-electron chi connectivity index (χ1n) is 7.73. The van der Waals surface area contributed by atoms with Crippen LogP contribution in [0.15, 0.2) is 30.6 Å². The highest BCUT2D eigenvalue weighted by atomic mass is 35.5. The molecule has 5 N–H and O–H groups in total. The fourth-order valence-electron chi connectivity index (χ4n) is 2.96. The molecule has 1 aliphatic rings. The molecule has 0 radical (unpaired) electrons. The van der Waals surface area contributed by atoms with Crippen molar-refractivity contribution in [1.29, 1.82) is 0 Å². The number of hydrogen-bond donors (Lipinski definition) is 4. The summed E-state index contributed by atoms with van der Waals surface area (Å²) in [7, 11) is -2.73. The summed E-state index contributed by atoms with van der Waals surface area (Å²) in [4.78, 5) is 16.9. The van der Waals surface area contributed by atoms with Crippen LogP contribution in [-0.4, -0.2) is 53.2 Å². The average molecular weight is 414 g/mol. The molecule has 4 rings (SSSR count). The average Bonchev–Trinajstić information content (AvgIpc) is 3.23. The number of nitrogens with two attached hydrogens (primary N) is 1. The molecule has 8 nitrogen and oxygen atoms in total. The number of fused-ring (bicyclic) bond motifs is 1. The van der Waals surface area contributed by atoms with Crippen molar-refractivity contribution in [3.8, 4) is 11.3 Å². The zero-order valence-electron chi connectivity index (χ0n) is 13.4. The third-order valence-corrected chi connectivity index (χ3v) is 7.27. The third kappa shape index (κ3) is 3.20. The summed E-state index contributed by atoms with van der Waals surface area (Å²) in [5, 5.41) is 7.17. The molecular weight excluding hydrogens is 398 g/mol. The maximum atomic E-state index is 12.5. The Labute approximate surface area is 159 Å². The second-order valence-electron chi connectivity index (χ2n) is 6.11. The number of pyridine rings is 1. The van der Waals surface area contributed by atoms with E-state index >= 15 is 0 Å². The predicted molar refractivity (Wildman–Crippen MR) is 103 cm³/mol. The van der Waals surface area contributed by atoms with Crippen LogP contribution in [-0.2, 0) is 0 Å². The maximum absolute atomic E-state index is 12.5. The van der Waals surface area contributed by atoms with Gasteiger partial charge in [-0.15, -0.1) is 0 Å². The highest BCUT2D eigenvalue weighted by Crippen LogP contribution is 2.45. The smallest absolute Gasteiger partial charge is 0.280 e. The Balaban J connectivity index is 1.60. The number of carbonyl (C=O) groups excluding carboxylic acids is 1. The molecule has 1 amide bonds. The number of nitrogens with zero attached hydrogens (tertiary/aromatic N) is 3. The zero-order chi connectivity index (χ0) is 18.5. The molecule has 1 aliphatic heterocycles. The van der Waals surface area contributed by atoms with Gasteiger partial charge in [0.1, 0.15) is 10.0 Å². The van der Waals surface area contributed by atoms with Crippen molar-refractivity contribution >= 4 is 45.0 Å². The van der Waals surface area contributed by atoms with Crippen molar-refractivity contribution < 1.29 is 13.9 Å². The molecule has 0 bridgehead atoms. The Bertz CT molecular complexity index is 989. The Hall–Kier alpha value is -1.69. The molecule has 138 valence electrons. The van der Waals surface area contributed by atoms with E-state index in [1.54, 1.807) is 10.7 Å². The molecule has 0 aliphatic carbocycles. The Kier molecular flexibility index (Phi) is 4.41. The summed E-state index contributed by atoms with van der Waals surface area (Å²) >= 11 is 7.37. The number of carbonyl (C=O) groups is 1. The van der Waals surface area contributed by atoms with Crippen molar-refractivity contribution in [3.05, 3.63) is 39.9 Å². The van der Waals surface area contributed by atoms with Gasteiger partial charge in [-0.1, -0.05) is 29.0 Å². The number of halogens is 1. The van der Waals surface area contributed by atoms with E-state index in [9.17, 15) is 13.9 Å². The van der Waals surface area contributed by atoms with Gasteiger partial charge in [0.05, 0.1) is 29.3 Å². The summed E-state index contributed by atoms with van der Waals surface area (Å²) in [5.74, 6) is -0.290. The van der Waals surface area contributed by atoms with Gasteiger partial charge in [0.25, 0.3) is 5.91 Å². The summed E-state index contributed by atoms with van der Waals surface area (Å²) < 4.78 is 21.6. The Morgan fingerprint density at radius 3 is 2.96 bits per heavy atom.